The number of hydrogen-bond acceptors (Lipinski definition) is 3. The van der Waals surface area contributed by atoms with E-state index in [0.717, 1.165) is 0 Å². The van der Waals surface area contributed by atoms with Gasteiger partial charge in [0.2, 0.25) is 17.7 Å². The van der Waals surface area contributed by atoms with Crippen LogP contribution in [-0.2, 0) is 27.2 Å². The summed E-state index contributed by atoms with van der Waals surface area (Å²) < 4.78 is 13.1. The number of primary amides is 1. The molecule has 29 heavy (non-hydrogen) atoms. The number of amides is 3. The smallest absolute Gasteiger partial charge is 0.243 e. The summed E-state index contributed by atoms with van der Waals surface area (Å²) in [5, 5.41) is 5.85. The van der Waals surface area contributed by atoms with E-state index in [2.05, 4.69) is 10.6 Å². The molecule has 0 spiro atoms. The molecule has 0 aliphatic rings. The summed E-state index contributed by atoms with van der Waals surface area (Å²) in [6.45, 7) is 1.27. The number of rotatable bonds is 8. The average molecular weight is 440 g/mol. The van der Waals surface area contributed by atoms with Gasteiger partial charge in [0, 0.05) is 29.8 Å². The van der Waals surface area contributed by atoms with Crippen LogP contribution in [0.3, 0.4) is 0 Å². The van der Waals surface area contributed by atoms with Crippen LogP contribution >= 0.6 is 23.2 Å². The number of halogens is 3. The SMILES string of the molecule is CC(=O)N[C@H](Cc1ccc(F)cc1)C(=O)N[C@@H](Cc1ccc(Cl)cc1Cl)C(N)=O. The third-order valence-electron chi connectivity index (χ3n) is 4.15. The fraction of sp³-hybridized carbons (Fsp3) is 0.250. The Morgan fingerprint density at radius 3 is 2.21 bits per heavy atom. The highest BCUT2D eigenvalue weighted by Crippen LogP contribution is 2.22. The maximum absolute atomic E-state index is 13.1. The second-order valence-electron chi connectivity index (χ2n) is 6.49. The molecule has 0 aliphatic heterocycles. The highest BCUT2D eigenvalue weighted by molar-refractivity contribution is 6.35. The van der Waals surface area contributed by atoms with E-state index in [9.17, 15) is 18.8 Å². The minimum absolute atomic E-state index is 0.0560. The van der Waals surface area contributed by atoms with E-state index in [1.165, 1.54) is 37.3 Å². The first-order valence-corrected chi connectivity index (χ1v) is 9.46. The van der Waals surface area contributed by atoms with Gasteiger partial charge in [-0.3, -0.25) is 14.4 Å². The van der Waals surface area contributed by atoms with Crippen LogP contribution in [0.1, 0.15) is 18.1 Å². The zero-order chi connectivity index (χ0) is 21.6. The first-order valence-electron chi connectivity index (χ1n) is 8.71. The zero-order valence-electron chi connectivity index (χ0n) is 15.5. The van der Waals surface area contributed by atoms with Gasteiger partial charge in [-0.1, -0.05) is 41.4 Å². The van der Waals surface area contributed by atoms with Crippen molar-refractivity contribution in [2.45, 2.75) is 31.8 Å². The lowest BCUT2D eigenvalue weighted by Crippen LogP contribution is -2.54. The number of carbonyl (C=O) groups is 3. The highest BCUT2D eigenvalue weighted by Gasteiger charge is 2.26. The van der Waals surface area contributed by atoms with Crippen molar-refractivity contribution in [3.8, 4) is 0 Å². The topological polar surface area (TPSA) is 101 Å². The summed E-state index contributed by atoms with van der Waals surface area (Å²) in [5.41, 5.74) is 6.65. The first kappa shape index (κ1) is 22.6. The van der Waals surface area contributed by atoms with Crippen molar-refractivity contribution in [1.29, 1.82) is 0 Å². The van der Waals surface area contributed by atoms with Crippen LogP contribution in [0.2, 0.25) is 10.0 Å². The van der Waals surface area contributed by atoms with Gasteiger partial charge in [-0.15, -0.1) is 0 Å². The van der Waals surface area contributed by atoms with Gasteiger partial charge in [0.1, 0.15) is 17.9 Å². The Kier molecular flexibility index (Phi) is 7.99. The summed E-state index contributed by atoms with van der Waals surface area (Å²) >= 11 is 12.0. The molecule has 3 amide bonds. The van der Waals surface area contributed by atoms with Crippen LogP contribution < -0.4 is 16.4 Å². The molecule has 2 aromatic carbocycles. The molecule has 0 aromatic heterocycles. The van der Waals surface area contributed by atoms with Crippen LogP contribution in [0.5, 0.6) is 0 Å². The summed E-state index contributed by atoms with van der Waals surface area (Å²) in [5.74, 6) is -2.20. The molecule has 0 fully saturated rings. The molecule has 0 saturated carbocycles. The van der Waals surface area contributed by atoms with Crippen LogP contribution in [0, 0.1) is 5.82 Å². The second-order valence-corrected chi connectivity index (χ2v) is 7.33. The third kappa shape index (κ3) is 7.03. The predicted molar refractivity (Wildman–Crippen MR) is 109 cm³/mol. The van der Waals surface area contributed by atoms with E-state index < -0.39 is 35.6 Å². The van der Waals surface area contributed by atoms with Gasteiger partial charge in [-0.25, -0.2) is 4.39 Å². The molecule has 154 valence electrons. The van der Waals surface area contributed by atoms with Gasteiger partial charge in [0.25, 0.3) is 0 Å². The van der Waals surface area contributed by atoms with Gasteiger partial charge < -0.3 is 16.4 Å². The molecule has 0 unspecified atom stereocenters. The van der Waals surface area contributed by atoms with Gasteiger partial charge in [0.15, 0.2) is 0 Å². The Hall–Kier alpha value is -2.64. The van der Waals surface area contributed by atoms with Crippen molar-refractivity contribution in [2.24, 2.45) is 5.73 Å². The van der Waals surface area contributed by atoms with Crippen molar-refractivity contribution >= 4 is 40.9 Å². The highest BCUT2D eigenvalue weighted by atomic mass is 35.5. The van der Waals surface area contributed by atoms with Crippen LogP contribution in [0.4, 0.5) is 4.39 Å². The zero-order valence-corrected chi connectivity index (χ0v) is 17.1. The summed E-state index contributed by atoms with van der Waals surface area (Å²) in [6.07, 6.45) is 0.166. The Bertz CT molecular complexity index is 906. The van der Waals surface area contributed by atoms with Crippen molar-refractivity contribution in [3.05, 3.63) is 69.5 Å². The van der Waals surface area contributed by atoms with Gasteiger partial charge in [-0.2, -0.15) is 0 Å². The van der Waals surface area contributed by atoms with Crippen molar-refractivity contribution < 1.29 is 18.8 Å². The summed E-state index contributed by atoms with van der Waals surface area (Å²) in [4.78, 5) is 36.1. The number of carbonyl (C=O) groups excluding carboxylic acids is 3. The number of hydrogen-bond donors (Lipinski definition) is 3. The molecule has 9 heteroatoms. The molecule has 2 atom stereocenters. The van der Waals surface area contributed by atoms with Crippen molar-refractivity contribution in [1.82, 2.24) is 10.6 Å². The van der Waals surface area contributed by atoms with E-state index in [1.807, 2.05) is 0 Å². The molecule has 2 aromatic rings. The fourth-order valence-corrected chi connectivity index (χ4v) is 3.20. The van der Waals surface area contributed by atoms with E-state index in [4.69, 9.17) is 28.9 Å². The van der Waals surface area contributed by atoms with Crippen LogP contribution in [-0.4, -0.2) is 29.8 Å². The summed E-state index contributed by atoms with van der Waals surface area (Å²) in [6, 6.07) is 8.28. The lowest BCUT2D eigenvalue weighted by Gasteiger charge is -2.22. The average Bonchev–Trinajstić information content (AvgIpc) is 2.63. The summed E-state index contributed by atoms with van der Waals surface area (Å²) in [7, 11) is 0. The molecule has 0 heterocycles. The lowest BCUT2D eigenvalue weighted by molar-refractivity contribution is -0.130. The molecule has 4 N–H and O–H groups in total. The molecular formula is C20H20Cl2FN3O3. The van der Waals surface area contributed by atoms with Crippen LogP contribution in [0.15, 0.2) is 42.5 Å². The molecule has 0 bridgehead atoms. The second kappa shape index (κ2) is 10.2. The minimum atomic E-state index is -1.05. The van der Waals surface area contributed by atoms with Gasteiger partial charge in [0.05, 0.1) is 0 Å². The normalized spacial score (nSPS) is 12.7. The molecule has 0 saturated heterocycles. The largest absolute Gasteiger partial charge is 0.368 e. The quantitative estimate of drug-likeness (QED) is 0.588. The first-order chi connectivity index (χ1) is 13.7. The monoisotopic (exact) mass is 439 g/mol. The molecule has 0 aliphatic carbocycles. The van der Waals surface area contributed by atoms with Crippen LogP contribution in [0.25, 0.3) is 0 Å². The maximum atomic E-state index is 13.1. The fourth-order valence-electron chi connectivity index (χ4n) is 2.71. The lowest BCUT2D eigenvalue weighted by atomic mass is 10.0. The molecule has 0 radical (unpaired) electrons. The van der Waals surface area contributed by atoms with Gasteiger partial charge >= 0.3 is 0 Å². The third-order valence-corrected chi connectivity index (χ3v) is 4.73. The van der Waals surface area contributed by atoms with Gasteiger partial charge in [-0.05, 0) is 35.4 Å². The standard InChI is InChI=1S/C20H20Cl2FN3O3/c1-11(27)25-18(8-12-2-6-15(23)7-3-12)20(29)26-17(19(24)28)9-13-4-5-14(21)10-16(13)22/h2-7,10,17-18H,8-9H2,1H3,(H2,24,28)(H,25,27)(H,26,29)/t17-,18+/m0/s1. The van der Waals surface area contributed by atoms with Crippen molar-refractivity contribution in [3.63, 3.8) is 0 Å². The number of benzene rings is 2. The Balaban J connectivity index is 2.15. The number of nitrogens with two attached hydrogens (primary N) is 1. The molecule has 2 rings (SSSR count). The van der Waals surface area contributed by atoms with E-state index in [0.29, 0.717) is 21.2 Å². The van der Waals surface area contributed by atoms with E-state index in [1.54, 1.807) is 12.1 Å². The van der Waals surface area contributed by atoms with E-state index in [-0.39, 0.29) is 12.8 Å². The molecular weight excluding hydrogens is 420 g/mol. The van der Waals surface area contributed by atoms with E-state index >= 15 is 0 Å². The number of nitrogens with one attached hydrogen (secondary N) is 2. The van der Waals surface area contributed by atoms with Crippen molar-refractivity contribution in [2.75, 3.05) is 0 Å². The maximum Gasteiger partial charge on any atom is 0.243 e. The minimum Gasteiger partial charge on any atom is -0.368 e. The Labute approximate surface area is 177 Å². The predicted octanol–water partition coefficient (Wildman–Crippen LogP) is 2.39. The Morgan fingerprint density at radius 2 is 1.66 bits per heavy atom. The molecule has 6 nitrogen and oxygen atoms in total. The Morgan fingerprint density at radius 1 is 1.00 bits per heavy atom.